The third kappa shape index (κ3) is 2.52. The van der Waals surface area contributed by atoms with Crippen molar-refractivity contribution in [2.45, 2.75) is 31.9 Å². The van der Waals surface area contributed by atoms with Crippen LogP contribution in [0.25, 0.3) is 10.2 Å². The van der Waals surface area contributed by atoms with Crippen molar-refractivity contribution in [3.63, 3.8) is 0 Å². The fraction of sp³-hybridized carbons (Fsp3) is 0.333. The van der Waals surface area contributed by atoms with Crippen molar-refractivity contribution in [1.29, 1.82) is 0 Å². The lowest BCUT2D eigenvalue weighted by molar-refractivity contribution is 0.154. The highest BCUT2D eigenvalue weighted by molar-refractivity contribution is 7.18. The van der Waals surface area contributed by atoms with Crippen molar-refractivity contribution < 1.29 is 9.84 Å². The minimum Gasteiger partial charge on any atom is -0.497 e. The first-order valence-corrected chi connectivity index (χ1v) is 8.80. The maximum Gasteiger partial charge on any atom is 0.262 e. The lowest BCUT2D eigenvalue weighted by Gasteiger charge is -2.14. The van der Waals surface area contributed by atoms with Gasteiger partial charge in [0.15, 0.2) is 0 Å². The van der Waals surface area contributed by atoms with Crippen LogP contribution in [0.3, 0.4) is 0 Å². The van der Waals surface area contributed by atoms with Crippen molar-refractivity contribution in [3.8, 4) is 5.75 Å². The molecule has 0 saturated carbocycles. The molecule has 3 aromatic rings. The summed E-state index contributed by atoms with van der Waals surface area (Å²) in [5.41, 5.74) is 1.83. The Balaban J connectivity index is 1.69. The largest absolute Gasteiger partial charge is 0.497 e. The summed E-state index contributed by atoms with van der Waals surface area (Å²) in [6, 6.07) is 7.26. The van der Waals surface area contributed by atoms with E-state index in [1.165, 1.54) is 9.44 Å². The summed E-state index contributed by atoms with van der Waals surface area (Å²) in [6.45, 7) is 0.180. The van der Waals surface area contributed by atoms with E-state index in [1.807, 2.05) is 18.2 Å². The van der Waals surface area contributed by atoms with Gasteiger partial charge in [0.1, 0.15) is 10.6 Å². The maximum atomic E-state index is 12.8. The van der Waals surface area contributed by atoms with Crippen LogP contribution in [-0.4, -0.2) is 21.8 Å². The number of hydrogen-bond acceptors (Lipinski definition) is 5. The Morgan fingerprint density at radius 3 is 3.12 bits per heavy atom. The van der Waals surface area contributed by atoms with Crippen LogP contribution in [0, 0.1) is 0 Å². The Morgan fingerprint density at radius 1 is 1.42 bits per heavy atom. The summed E-state index contributed by atoms with van der Waals surface area (Å²) < 4.78 is 6.70. The Hall–Kier alpha value is -2.18. The van der Waals surface area contributed by atoms with Gasteiger partial charge in [-0.05, 0) is 42.5 Å². The van der Waals surface area contributed by atoms with Crippen LogP contribution < -0.4 is 10.3 Å². The number of ether oxygens (including phenoxy) is 1. The topological polar surface area (TPSA) is 64.3 Å². The lowest BCUT2D eigenvalue weighted by atomic mass is 10.1. The van der Waals surface area contributed by atoms with E-state index in [0.29, 0.717) is 5.75 Å². The van der Waals surface area contributed by atoms with Crippen molar-refractivity contribution in [1.82, 2.24) is 9.55 Å². The second-order valence-corrected chi connectivity index (χ2v) is 7.12. The highest BCUT2D eigenvalue weighted by Crippen LogP contribution is 2.34. The van der Waals surface area contributed by atoms with E-state index in [4.69, 9.17) is 4.74 Å². The van der Waals surface area contributed by atoms with Gasteiger partial charge < -0.3 is 9.84 Å². The first kappa shape index (κ1) is 15.4. The van der Waals surface area contributed by atoms with Gasteiger partial charge >= 0.3 is 0 Å². The SMILES string of the molecule is COc1cccc(C(O)Cn2cnc3sc4c(c3c2=O)CCC4)c1. The number of nitrogens with zero attached hydrogens (tertiary/aromatic N) is 2. The van der Waals surface area contributed by atoms with E-state index in [9.17, 15) is 9.90 Å². The van der Waals surface area contributed by atoms with Crippen LogP contribution in [0.15, 0.2) is 35.4 Å². The van der Waals surface area contributed by atoms with Crippen LogP contribution in [-0.2, 0) is 19.4 Å². The smallest absolute Gasteiger partial charge is 0.262 e. The third-order valence-electron chi connectivity index (χ3n) is 4.54. The Labute approximate surface area is 143 Å². The summed E-state index contributed by atoms with van der Waals surface area (Å²) in [4.78, 5) is 19.4. The third-order valence-corrected chi connectivity index (χ3v) is 5.74. The highest BCUT2D eigenvalue weighted by Gasteiger charge is 2.22. The molecule has 4 rings (SSSR count). The number of benzene rings is 1. The van der Waals surface area contributed by atoms with E-state index in [1.54, 1.807) is 30.8 Å². The lowest BCUT2D eigenvalue weighted by Crippen LogP contribution is -2.23. The van der Waals surface area contributed by atoms with E-state index >= 15 is 0 Å². The van der Waals surface area contributed by atoms with Gasteiger partial charge in [0, 0.05) is 4.88 Å². The summed E-state index contributed by atoms with van der Waals surface area (Å²) in [5, 5.41) is 11.2. The van der Waals surface area contributed by atoms with Crippen LogP contribution >= 0.6 is 11.3 Å². The molecule has 24 heavy (non-hydrogen) atoms. The summed E-state index contributed by atoms with van der Waals surface area (Å²) in [6.07, 6.45) is 3.86. The van der Waals surface area contributed by atoms with Gasteiger partial charge in [-0.3, -0.25) is 9.36 Å². The molecule has 2 aromatic heterocycles. The quantitative estimate of drug-likeness (QED) is 0.792. The van der Waals surface area contributed by atoms with Gasteiger partial charge in [-0.1, -0.05) is 12.1 Å². The second-order valence-electron chi connectivity index (χ2n) is 6.03. The molecule has 0 saturated heterocycles. The number of aliphatic hydroxyl groups is 1. The van der Waals surface area contributed by atoms with Crippen molar-refractivity contribution in [2.75, 3.05) is 7.11 Å². The number of thiophene rings is 1. The second kappa shape index (κ2) is 6.03. The Kier molecular flexibility index (Phi) is 3.86. The molecule has 6 heteroatoms. The molecule has 0 fully saturated rings. The zero-order chi connectivity index (χ0) is 16.7. The van der Waals surface area contributed by atoms with Crippen molar-refractivity contribution in [3.05, 3.63) is 57.0 Å². The summed E-state index contributed by atoms with van der Waals surface area (Å²) in [7, 11) is 1.59. The van der Waals surface area contributed by atoms with Crippen molar-refractivity contribution >= 4 is 21.6 Å². The molecule has 1 aromatic carbocycles. The number of aliphatic hydroxyl groups excluding tert-OH is 1. The molecular formula is C18H18N2O3S. The van der Waals surface area contributed by atoms with Gasteiger partial charge in [-0.25, -0.2) is 4.98 Å². The monoisotopic (exact) mass is 342 g/mol. The number of rotatable bonds is 4. The van der Waals surface area contributed by atoms with E-state index in [-0.39, 0.29) is 12.1 Å². The van der Waals surface area contributed by atoms with Crippen LogP contribution in [0.5, 0.6) is 5.75 Å². The predicted molar refractivity (Wildman–Crippen MR) is 93.9 cm³/mol. The Bertz CT molecular complexity index is 961. The van der Waals surface area contributed by atoms with E-state index < -0.39 is 6.10 Å². The molecule has 0 radical (unpaired) electrons. The number of methoxy groups -OCH3 is 1. The van der Waals surface area contributed by atoms with E-state index in [0.717, 1.165) is 40.6 Å². The molecule has 0 aliphatic heterocycles. The zero-order valence-corrected chi connectivity index (χ0v) is 14.2. The first-order chi connectivity index (χ1) is 11.7. The first-order valence-electron chi connectivity index (χ1n) is 7.99. The fourth-order valence-corrected chi connectivity index (χ4v) is 4.51. The minimum absolute atomic E-state index is 0.0543. The fourth-order valence-electron chi connectivity index (χ4n) is 3.29. The Morgan fingerprint density at radius 2 is 2.29 bits per heavy atom. The summed E-state index contributed by atoms with van der Waals surface area (Å²) in [5.74, 6) is 0.683. The van der Waals surface area contributed by atoms with E-state index in [2.05, 4.69) is 4.98 Å². The number of aryl methyl sites for hydroxylation is 2. The van der Waals surface area contributed by atoms with Crippen LogP contribution in [0.1, 0.15) is 28.5 Å². The molecule has 1 atom stereocenters. The molecule has 0 amide bonds. The van der Waals surface area contributed by atoms with Gasteiger partial charge in [-0.2, -0.15) is 0 Å². The molecule has 124 valence electrons. The molecule has 0 spiro atoms. The molecule has 0 bridgehead atoms. The van der Waals surface area contributed by atoms with Crippen LogP contribution in [0.2, 0.25) is 0 Å². The summed E-state index contributed by atoms with van der Waals surface area (Å²) >= 11 is 1.63. The normalized spacial score (nSPS) is 14.8. The van der Waals surface area contributed by atoms with Crippen LogP contribution in [0.4, 0.5) is 0 Å². The number of fused-ring (bicyclic) bond motifs is 3. The maximum absolute atomic E-state index is 12.8. The zero-order valence-electron chi connectivity index (χ0n) is 13.4. The highest BCUT2D eigenvalue weighted by atomic mass is 32.1. The standard InChI is InChI=1S/C18H18N2O3S/c1-23-12-5-2-4-11(8-12)14(21)9-20-10-19-17-16(18(20)22)13-6-3-7-15(13)24-17/h2,4-5,8,10,14,21H,3,6-7,9H2,1H3. The molecular weight excluding hydrogens is 324 g/mol. The van der Waals surface area contributed by atoms with Crippen molar-refractivity contribution in [2.24, 2.45) is 0 Å². The molecule has 1 N–H and O–H groups in total. The minimum atomic E-state index is -0.788. The number of hydrogen-bond donors (Lipinski definition) is 1. The average Bonchev–Trinajstić information content (AvgIpc) is 3.18. The average molecular weight is 342 g/mol. The van der Waals surface area contributed by atoms with Gasteiger partial charge in [0.25, 0.3) is 5.56 Å². The number of aromatic nitrogens is 2. The van der Waals surface area contributed by atoms with Gasteiger partial charge in [0.2, 0.25) is 0 Å². The van der Waals surface area contributed by atoms with Gasteiger partial charge in [-0.15, -0.1) is 11.3 Å². The molecule has 1 unspecified atom stereocenters. The molecule has 1 aliphatic carbocycles. The molecule has 2 heterocycles. The molecule has 1 aliphatic rings. The predicted octanol–water partition coefficient (Wildman–Crippen LogP) is 2.69. The van der Waals surface area contributed by atoms with Gasteiger partial charge in [0.05, 0.1) is 31.5 Å². The molecule has 5 nitrogen and oxygen atoms in total.